The number of nitrogens with zero attached hydrogens (tertiary/aromatic N) is 1. The van der Waals surface area contributed by atoms with Gasteiger partial charge in [-0.25, -0.2) is 4.98 Å². The maximum atomic E-state index is 10.4. The first-order valence-electron chi connectivity index (χ1n) is 3.58. The van der Waals surface area contributed by atoms with Crippen LogP contribution in [0.3, 0.4) is 0 Å². The number of aryl methyl sites for hydroxylation is 1. The van der Waals surface area contributed by atoms with Gasteiger partial charge in [-0.05, 0) is 24.1 Å². The van der Waals surface area contributed by atoms with Crippen LogP contribution in [0.25, 0.3) is 0 Å². The van der Waals surface area contributed by atoms with E-state index >= 15 is 0 Å². The van der Waals surface area contributed by atoms with Crippen molar-refractivity contribution in [3.63, 3.8) is 0 Å². The molecular weight excluding hydrogens is 169 g/mol. The fraction of sp³-hybridized carbons (Fsp3) is 0.222. The maximum absolute atomic E-state index is 10.4. The molecule has 1 rings (SSSR count). The summed E-state index contributed by atoms with van der Waals surface area (Å²) in [6, 6.07) is 3.68. The van der Waals surface area contributed by atoms with Gasteiger partial charge in [0.1, 0.15) is 5.44 Å². The Kier molecular flexibility index (Phi) is 3.44. The van der Waals surface area contributed by atoms with E-state index in [0.717, 1.165) is 12.0 Å². The first kappa shape index (κ1) is 8.90. The topological polar surface area (TPSA) is 30.0 Å². The third-order valence-corrected chi connectivity index (χ3v) is 1.89. The van der Waals surface area contributed by atoms with Gasteiger partial charge in [-0.15, -0.1) is 12.3 Å². The van der Waals surface area contributed by atoms with Crippen molar-refractivity contribution in [1.29, 1.82) is 0 Å². The molecule has 0 N–H and O–H groups in total. The van der Waals surface area contributed by atoms with Gasteiger partial charge >= 0.3 is 0 Å². The van der Waals surface area contributed by atoms with Crippen LogP contribution in [0.4, 0.5) is 0 Å². The number of terminal acetylenes is 1. The van der Waals surface area contributed by atoms with Gasteiger partial charge in [0.15, 0.2) is 0 Å². The van der Waals surface area contributed by atoms with E-state index in [-0.39, 0.29) is 8.46 Å². The molecule has 0 saturated carbocycles. The van der Waals surface area contributed by atoms with Crippen LogP contribution in [0.2, 0.25) is 0 Å². The summed E-state index contributed by atoms with van der Waals surface area (Å²) in [7, 11) is -0.0388. The number of aromatic nitrogens is 1. The van der Waals surface area contributed by atoms with E-state index < -0.39 is 0 Å². The summed E-state index contributed by atoms with van der Waals surface area (Å²) in [5.74, 6) is 2.55. The van der Waals surface area contributed by atoms with E-state index in [1.54, 1.807) is 12.3 Å². The highest BCUT2D eigenvalue weighted by atomic mass is 31.1. The van der Waals surface area contributed by atoms with Crippen molar-refractivity contribution in [1.82, 2.24) is 4.98 Å². The van der Waals surface area contributed by atoms with Gasteiger partial charge in [-0.3, -0.25) is 4.57 Å². The lowest BCUT2D eigenvalue weighted by Crippen LogP contribution is -1.99. The Bertz CT molecular complexity index is 317. The van der Waals surface area contributed by atoms with Crippen molar-refractivity contribution in [3.05, 3.63) is 23.9 Å². The third-order valence-electron chi connectivity index (χ3n) is 1.46. The minimum Gasteiger partial charge on any atom is -0.268 e. The molecule has 0 aliphatic carbocycles. The van der Waals surface area contributed by atoms with E-state index in [1.165, 1.54) is 0 Å². The normalized spacial score (nSPS) is 9.58. The van der Waals surface area contributed by atoms with Crippen molar-refractivity contribution < 1.29 is 4.57 Å². The summed E-state index contributed by atoms with van der Waals surface area (Å²) in [6.07, 6.45) is 8.29. The van der Waals surface area contributed by atoms with Crippen LogP contribution < -0.4 is 5.44 Å². The Hall–Kier alpha value is -1.19. The molecule has 1 aromatic rings. The summed E-state index contributed by atoms with van der Waals surface area (Å²) < 4.78 is 10.4. The molecule has 0 unspecified atom stereocenters. The van der Waals surface area contributed by atoms with Gasteiger partial charge in [0.25, 0.3) is 0 Å². The van der Waals surface area contributed by atoms with Crippen molar-refractivity contribution in [2.45, 2.75) is 12.8 Å². The SMILES string of the molecule is C#CCCc1ccnc(P=O)c1. The first-order chi connectivity index (χ1) is 5.86. The summed E-state index contributed by atoms with van der Waals surface area (Å²) in [5.41, 5.74) is 1.64. The highest BCUT2D eigenvalue weighted by Gasteiger charge is 1.95. The second-order valence-corrected chi connectivity index (χ2v) is 2.96. The van der Waals surface area contributed by atoms with Gasteiger partial charge in [0, 0.05) is 12.6 Å². The molecular formula is C9H8NOP. The fourth-order valence-electron chi connectivity index (χ4n) is 0.883. The molecule has 0 amide bonds. The monoisotopic (exact) mass is 177 g/mol. The fourth-order valence-corrected chi connectivity index (χ4v) is 1.21. The van der Waals surface area contributed by atoms with Gasteiger partial charge in [-0.2, -0.15) is 0 Å². The van der Waals surface area contributed by atoms with E-state index in [0.29, 0.717) is 11.9 Å². The van der Waals surface area contributed by atoms with Crippen molar-refractivity contribution in [2.75, 3.05) is 0 Å². The van der Waals surface area contributed by atoms with E-state index in [4.69, 9.17) is 6.42 Å². The zero-order chi connectivity index (χ0) is 8.81. The molecule has 0 saturated heterocycles. The maximum Gasteiger partial charge on any atom is 0.212 e. The molecule has 60 valence electrons. The molecule has 0 radical (unpaired) electrons. The molecule has 2 nitrogen and oxygen atoms in total. The van der Waals surface area contributed by atoms with Crippen molar-refractivity contribution in [2.24, 2.45) is 0 Å². The zero-order valence-corrected chi connectivity index (χ0v) is 7.42. The number of hydrogen-bond acceptors (Lipinski definition) is 2. The van der Waals surface area contributed by atoms with Crippen molar-refractivity contribution in [3.8, 4) is 12.3 Å². The van der Waals surface area contributed by atoms with E-state index in [1.807, 2.05) is 6.07 Å². The Morgan fingerprint density at radius 1 is 1.67 bits per heavy atom. The van der Waals surface area contributed by atoms with E-state index in [9.17, 15) is 4.57 Å². The van der Waals surface area contributed by atoms with E-state index in [2.05, 4.69) is 10.9 Å². The highest BCUT2D eigenvalue weighted by Crippen LogP contribution is 2.01. The molecule has 0 aromatic carbocycles. The molecule has 12 heavy (non-hydrogen) atoms. The lowest BCUT2D eigenvalue weighted by molar-refractivity contribution is 0.602. The van der Waals surface area contributed by atoms with Crippen LogP contribution in [-0.4, -0.2) is 4.98 Å². The molecule has 0 aliphatic rings. The minimum absolute atomic E-state index is 0.0388. The minimum atomic E-state index is -0.0388. The van der Waals surface area contributed by atoms with Crippen LogP contribution in [0, 0.1) is 12.3 Å². The standard InChI is InChI=1S/C9H8NOP/c1-2-3-4-8-5-6-10-9(7-8)12-11/h1,5-7H,3-4H2. The Morgan fingerprint density at radius 3 is 3.17 bits per heavy atom. The molecule has 0 bridgehead atoms. The molecule has 1 heterocycles. The van der Waals surface area contributed by atoms with Crippen LogP contribution in [0.1, 0.15) is 12.0 Å². The summed E-state index contributed by atoms with van der Waals surface area (Å²) in [5, 5.41) is 0. The zero-order valence-electron chi connectivity index (χ0n) is 6.53. The number of pyridine rings is 1. The largest absolute Gasteiger partial charge is 0.268 e. The van der Waals surface area contributed by atoms with Gasteiger partial charge < -0.3 is 0 Å². The van der Waals surface area contributed by atoms with Crippen LogP contribution in [-0.2, 0) is 11.0 Å². The second-order valence-electron chi connectivity index (χ2n) is 2.32. The van der Waals surface area contributed by atoms with Gasteiger partial charge in [0.05, 0.1) is 0 Å². The predicted octanol–water partition coefficient (Wildman–Crippen LogP) is 1.56. The number of rotatable bonds is 3. The van der Waals surface area contributed by atoms with Crippen LogP contribution in [0.15, 0.2) is 18.3 Å². The third kappa shape index (κ3) is 2.45. The Labute approximate surface area is 73.2 Å². The molecule has 3 heteroatoms. The number of hydrogen-bond donors (Lipinski definition) is 0. The van der Waals surface area contributed by atoms with Crippen LogP contribution in [0.5, 0.6) is 0 Å². The summed E-state index contributed by atoms with van der Waals surface area (Å²) >= 11 is 0. The summed E-state index contributed by atoms with van der Waals surface area (Å²) in [6.45, 7) is 0. The molecule has 0 atom stereocenters. The lowest BCUT2D eigenvalue weighted by atomic mass is 10.1. The molecule has 0 fully saturated rings. The molecule has 0 aliphatic heterocycles. The van der Waals surface area contributed by atoms with Crippen LogP contribution >= 0.6 is 8.46 Å². The quantitative estimate of drug-likeness (QED) is 0.518. The smallest absolute Gasteiger partial charge is 0.212 e. The van der Waals surface area contributed by atoms with Gasteiger partial charge in [0.2, 0.25) is 8.46 Å². The predicted molar refractivity (Wildman–Crippen MR) is 48.6 cm³/mol. The first-order valence-corrected chi connectivity index (χ1v) is 4.40. The average molecular weight is 177 g/mol. The van der Waals surface area contributed by atoms with Gasteiger partial charge in [-0.1, -0.05) is 0 Å². The Morgan fingerprint density at radius 2 is 2.50 bits per heavy atom. The van der Waals surface area contributed by atoms with Crippen molar-refractivity contribution >= 4 is 13.9 Å². The molecule has 0 spiro atoms. The highest BCUT2D eigenvalue weighted by molar-refractivity contribution is 7.33. The Balaban J connectivity index is 2.74. The molecule has 1 aromatic heterocycles. The second kappa shape index (κ2) is 4.64. The summed E-state index contributed by atoms with van der Waals surface area (Å²) in [4.78, 5) is 3.89. The average Bonchev–Trinajstić information content (AvgIpc) is 2.15. The lowest BCUT2D eigenvalue weighted by Gasteiger charge is -1.96.